The molecule has 0 saturated carbocycles. The second kappa shape index (κ2) is 7.69. The first-order valence-electron chi connectivity index (χ1n) is 8.01. The number of anilines is 1. The maximum atomic E-state index is 12.2. The number of morpholine rings is 1. The molecule has 0 aliphatic carbocycles. The maximum Gasteiger partial charge on any atom is 0.257 e. The molecule has 132 valence electrons. The molecule has 2 aromatic carbocycles. The summed E-state index contributed by atoms with van der Waals surface area (Å²) in [6.07, 6.45) is 0. The van der Waals surface area contributed by atoms with Gasteiger partial charge in [0.1, 0.15) is 0 Å². The highest BCUT2D eigenvalue weighted by Crippen LogP contribution is 2.19. The van der Waals surface area contributed by atoms with Gasteiger partial charge in [-0.2, -0.15) is 0 Å². The molecule has 1 aliphatic heterocycles. The summed E-state index contributed by atoms with van der Waals surface area (Å²) in [5.41, 5.74) is 5.08. The Morgan fingerprint density at radius 2 is 1.64 bits per heavy atom. The SMILES string of the molecule is C=C(NNS(=O)(=O)c1ccccc1)c1ccc(N2CCOCC2)cc1. The number of hydrogen-bond acceptors (Lipinski definition) is 5. The molecule has 7 heteroatoms. The fourth-order valence-corrected chi connectivity index (χ4v) is 3.45. The highest BCUT2D eigenvalue weighted by atomic mass is 32.2. The molecule has 0 unspecified atom stereocenters. The van der Waals surface area contributed by atoms with E-state index >= 15 is 0 Å². The molecule has 0 amide bonds. The molecule has 0 spiro atoms. The molecule has 1 fully saturated rings. The Labute approximate surface area is 148 Å². The molecule has 0 aromatic heterocycles. The summed E-state index contributed by atoms with van der Waals surface area (Å²) in [6, 6.07) is 16.0. The van der Waals surface area contributed by atoms with E-state index in [4.69, 9.17) is 4.74 Å². The summed E-state index contributed by atoms with van der Waals surface area (Å²) >= 11 is 0. The smallest absolute Gasteiger partial charge is 0.257 e. The minimum Gasteiger partial charge on any atom is -0.378 e. The molecule has 1 heterocycles. The van der Waals surface area contributed by atoms with Gasteiger partial charge in [0.25, 0.3) is 10.0 Å². The number of nitrogens with one attached hydrogen (secondary N) is 2. The summed E-state index contributed by atoms with van der Waals surface area (Å²) in [7, 11) is -3.63. The zero-order valence-corrected chi connectivity index (χ0v) is 14.6. The van der Waals surface area contributed by atoms with Crippen LogP contribution in [-0.2, 0) is 14.8 Å². The van der Waals surface area contributed by atoms with Gasteiger partial charge in [0.2, 0.25) is 0 Å². The van der Waals surface area contributed by atoms with E-state index in [-0.39, 0.29) is 4.90 Å². The Hall–Kier alpha value is -2.35. The van der Waals surface area contributed by atoms with E-state index in [2.05, 4.69) is 21.7 Å². The molecule has 1 saturated heterocycles. The topological polar surface area (TPSA) is 70.7 Å². The van der Waals surface area contributed by atoms with Gasteiger partial charge in [-0.1, -0.05) is 36.9 Å². The second-order valence-electron chi connectivity index (χ2n) is 5.67. The highest BCUT2D eigenvalue weighted by Gasteiger charge is 2.14. The zero-order valence-electron chi connectivity index (χ0n) is 13.8. The molecular formula is C18H21N3O3S. The standard InChI is InChI=1S/C18H21N3O3S/c1-15(19-20-25(22,23)18-5-3-2-4-6-18)16-7-9-17(10-8-16)21-11-13-24-14-12-21/h2-10,19-20H,1,11-14H2. The van der Waals surface area contributed by atoms with Crippen LogP contribution in [0, 0.1) is 0 Å². The number of hydrogen-bond donors (Lipinski definition) is 2. The normalized spacial score (nSPS) is 15.0. The first-order valence-corrected chi connectivity index (χ1v) is 9.49. The van der Waals surface area contributed by atoms with Crippen molar-refractivity contribution in [3.63, 3.8) is 0 Å². The average molecular weight is 359 g/mol. The third-order valence-electron chi connectivity index (χ3n) is 3.98. The number of hydrazine groups is 1. The fourth-order valence-electron chi connectivity index (χ4n) is 2.55. The number of ether oxygens (including phenoxy) is 1. The largest absolute Gasteiger partial charge is 0.378 e. The van der Waals surface area contributed by atoms with Crippen molar-refractivity contribution in [3.05, 3.63) is 66.7 Å². The van der Waals surface area contributed by atoms with E-state index in [1.54, 1.807) is 18.2 Å². The molecule has 2 N–H and O–H groups in total. The Morgan fingerprint density at radius 3 is 2.28 bits per heavy atom. The van der Waals surface area contributed by atoms with Gasteiger partial charge in [0.05, 0.1) is 18.1 Å². The van der Waals surface area contributed by atoms with E-state index in [0.29, 0.717) is 5.70 Å². The van der Waals surface area contributed by atoms with Crippen molar-refractivity contribution in [2.45, 2.75) is 4.90 Å². The first-order chi connectivity index (χ1) is 12.1. The molecule has 25 heavy (non-hydrogen) atoms. The summed E-state index contributed by atoms with van der Waals surface area (Å²) in [5.74, 6) is 0. The van der Waals surface area contributed by atoms with Crippen molar-refractivity contribution in [1.29, 1.82) is 0 Å². The van der Waals surface area contributed by atoms with Crippen molar-refractivity contribution in [3.8, 4) is 0 Å². The van der Waals surface area contributed by atoms with Crippen LogP contribution in [0.15, 0.2) is 66.1 Å². The monoisotopic (exact) mass is 359 g/mol. The van der Waals surface area contributed by atoms with Gasteiger partial charge in [0, 0.05) is 24.5 Å². The molecule has 6 nitrogen and oxygen atoms in total. The predicted molar refractivity (Wildman–Crippen MR) is 98.4 cm³/mol. The first kappa shape index (κ1) is 17.5. The van der Waals surface area contributed by atoms with Gasteiger partial charge in [-0.3, -0.25) is 0 Å². The van der Waals surface area contributed by atoms with E-state index < -0.39 is 10.0 Å². The van der Waals surface area contributed by atoms with Crippen molar-refractivity contribution < 1.29 is 13.2 Å². The van der Waals surface area contributed by atoms with Gasteiger partial charge >= 0.3 is 0 Å². The van der Waals surface area contributed by atoms with Crippen LogP contribution < -0.4 is 15.2 Å². The number of nitrogens with zero attached hydrogens (tertiary/aromatic N) is 1. The number of rotatable bonds is 6. The van der Waals surface area contributed by atoms with Gasteiger partial charge in [-0.25, -0.2) is 8.42 Å². The minimum atomic E-state index is -3.63. The molecule has 2 aromatic rings. The summed E-state index contributed by atoms with van der Waals surface area (Å²) in [5, 5.41) is 0. The van der Waals surface area contributed by atoms with E-state index in [0.717, 1.165) is 37.6 Å². The Bertz CT molecular complexity index is 814. The Kier molecular flexibility index (Phi) is 5.37. The predicted octanol–water partition coefficient (Wildman–Crippen LogP) is 1.98. The second-order valence-corrected chi connectivity index (χ2v) is 7.35. The van der Waals surface area contributed by atoms with Crippen molar-refractivity contribution in [2.24, 2.45) is 0 Å². The van der Waals surface area contributed by atoms with Crippen LogP contribution in [0.3, 0.4) is 0 Å². The lowest BCUT2D eigenvalue weighted by atomic mass is 10.1. The lowest BCUT2D eigenvalue weighted by Crippen LogP contribution is -2.36. The fraction of sp³-hybridized carbons (Fsp3) is 0.222. The molecule has 0 bridgehead atoms. The molecule has 1 aliphatic rings. The Balaban J connectivity index is 1.61. The van der Waals surface area contributed by atoms with Gasteiger partial charge in [-0.15, -0.1) is 4.83 Å². The summed E-state index contributed by atoms with van der Waals surface area (Å²) in [4.78, 5) is 4.79. The van der Waals surface area contributed by atoms with Crippen LogP contribution in [-0.4, -0.2) is 34.7 Å². The van der Waals surface area contributed by atoms with E-state index in [9.17, 15) is 8.42 Å². The minimum absolute atomic E-state index is 0.193. The highest BCUT2D eigenvalue weighted by molar-refractivity contribution is 7.89. The molecule has 3 rings (SSSR count). The van der Waals surface area contributed by atoms with Crippen LogP contribution in [0.5, 0.6) is 0 Å². The lowest BCUT2D eigenvalue weighted by molar-refractivity contribution is 0.122. The zero-order chi connectivity index (χ0) is 17.7. The maximum absolute atomic E-state index is 12.2. The molecule has 0 atom stereocenters. The van der Waals surface area contributed by atoms with Crippen LogP contribution in [0.1, 0.15) is 5.56 Å². The van der Waals surface area contributed by atoms with Crippen LogP contribution in [0.4, 0.5) is 5.69 Å². The van der Waals surface area contributed by atoms with Crippen molar-refractivity contribution >= 4 is 21.4 Å². The van der Waals surface area contributed by atoms with Crippen LogP contribution in [0.25, 0.3) is 5.70 Å². The quantitative estimate of drug-likeness (QED) is 0.772. The van der Waals surface area contributed by atoms with Gasteiger partial charge in [0.15, 0.2) is 0 Å². The number of sulfonamides is 1. The van der Waals surface area contributed by atoms with Gasteiger partial charge < -0.3 is 15.1 Å². The van der Waals surface area contributed by atoms with Crippen LogP contribution in [0.2, 0.25) is 0 Å². The lowest BCUT2D eigenvalue weighted by Gasteiger charge is -2.29. The summed E-state index contributed by atoms with van der Waals surface area (Å²) < 4.78 is 29.7. The number of benzene rings is 2. The van der Waals surface area contributed by atoms with Crippen LogP contribution >= 0.6 is 0 Å². The van der Waals surface area contributed by atoms with Crippen molar-refractivity contribution in [1.82, 2.24) is 10.3 Å². The average Bonchev–Trinajstić information content (AvgIpc) is 2.68. The molecular weight excluding hydrogens is 338 g/mol. The van der Waals surface area contributed by atoms with Gasteiger partial charge in [-0.05, 0) is 29.8 Å². The Morgan fingerprint density at radius 1 is 1.00 bits per heavy atom. The van der Waals surface area contributed by atoms with E-state index in [1.165, 1.54) is 12.1 Å². The van der Waals surface area contributed by atoms with Crippen molar-refractivity contribution in [2.75, 3.05) is 31.2 Å². The molecule has 0 radical (unpaired) electrons. The third-order valence-corrected chi connectivity index (χ3v) is 5.25. The third kappa shape index (κ3) is 4.39. The summed E-state index contributed by atoms with van der Waals surface area (Å²) in [6.45, 7) is 7.10. The van der Waals surface area contributed by atoms with E-state index in [1.807, 2.05) is 24.3 Å².